The highest BCUT2D eigenvalue weighted by Crippen LogP contribution is 2.22. The molecular weight excluding hydrogens is 362 g/mol. The summed E-state index contributed by atoms with van der Waals surface area (Å²) in [6.07, 6.45) is 2.06. The molecule has 1 unspecified atom stereocenters. The summed E-state index contributed by atoms with van der Waals surface area (Å²) in [7, 11) is -2.23. The van der Waals surface area contributed by atoms with Crippen LogP contribution in [-0.4, -0.2) is 41.0 Å². The summed E-state index contributed by atoms with van der Waals surface area (Å²) < 4.78 is 27.0. The normalized spacial score (nSPS) is 16.9. The lowest BCUT2D eigenvalue weighted by Gasteiger charge is -2.19. The Morgan fingerprint density at radius 3 is 2.67 bits per heavy atom. The lowest BCUT2D eigenvalue weighted by Crippen LogP contribution is -2.28. The maximum atomic E-state index is 12.9. The van der Waals surface area contributed by atoms with Gasteiger partial charge in [0.2, 0.25) is 0 Å². The van der Waals surface area contributed by atoms with Crippen LogP contribution in [0.1, 0.15) is 23.2 Å². The molecule has 0 spiro atoms. The van der Waals surface area contributed by atoms with E-state index in [0.29, 0.717) is 23.7 Å². The van der Waals surface area contributed by atoms with Crippen molar-refractivity contribution in [2.75, 3.05) is 31.0 Å². The number of nitrogens with one attached hydrogen (secondary N) is 2. The van der Waals surface area contributed by atoms with Gasteiger partial charge in [0.1, 0.15) is 0 Å². The van der Waals surface area contributed by atoms with Gasteiger partial charge in [-0.15, -0.1) is 0 Å². The van der Waals surface area contributed by atoms with Crippen LogP contribution in [-0.2, 0) is 10.0 Å². The summed E-state index contributed by atoms with van der Waals surface area (Å²) in [6.45, 7) is 2.62. The first-order valence-corrected chi connectivity index (χ1v) is 10.6. The topological polar surface area (TPSA) is 78.5 Å². The molecule has 0 bridgehead atoms. The fraction of sp³-hybridized carbons (Fsp3) is 0.350. The molecule has 6 nitrogen and oxygen atoms in total. The molecule has 3 rings (SSSR count). The lowest BCUT2D eigenvalue weighted by atomic mass is 10.1. The van der Waals surface area contributed by atoms with E-state index in [2.05, 4.69) is 10.6 Å². The molecule has 1 aliphatic rings. The number of rotatable bonds is 7. The van der Waals surface area contributed by atoms with E-state index in [1.54, 1.807) is 36.4 Å². The first-order valence-electron chi connectivity index (χ1n) is 9.11. The molecule has 27 heavy (non-hydrogen) atoms. The molecule has 0 saturated carbocycles. The van der Waals surface area contributed by atoms with Crippen molar-refractivity contribution < 1.29 is 13.2 Å². The van der Waals surface area contributed by atoms with Crippen molar-refractivity contribution in [1.29, 1.82) is 0 Å². The minimum Gasteiger partial charge on any atom is -0.352 e. The van der Waals surface area contributed by atoms with E-state index < -0.39 is 10.0 Å². The standard InChI is InChI=1S/C20H25N3O3S/c1-23(18-7-3-2-4-8-18)27(25,26)19-9-5-6-17(14-19)20(24)22-13-11-16-10-12-21-15-16/h2-9,14,16,21H,10-13,15H2,1H3,(H,22,24). The minimum atomic E-state index is -3.74. The summed E-state index contributed by atoms with van der Waals surface area (Å²) in [4.78, 5) is 12.5. The van der Waals surface area contributed by atoms with Crippen molar-refractivity contribution in [3.63, 3.8) is 0 Å². The Hall–Kier alpha value is -2.38. The number of benzene rings is 2. The van der Waals surface area contributed by atoms with E-state index in [1.807, 2.05) is 6.07 Å². The number of carbonyl (C=O) groups is 1. The Kier molecular flexibility index (Phi) is 6.13. The smallest absolute Gasteiger partial charge is 0.264 e. The Labute approximate surface area is 160 Å². The monoisotopic (exact) mass is 387 g/mol. The molecule has 1 aliphatic heterocycles. The Morgan fingerprint density at radius 2 is 1.96 bits per heavy atom. The van der Waals surface area contributed by atoms with Gasteiger partial charge in [0.05, 0.1) is 10.6 Å². The second kappa shape index (κ2) is 8.54. The van der Waals surface area contributed by atoms with Gasteiger partial charge in [-0.2, -0.15) is 0 Å². The summed E-state index contributed by atoms with van der Waals surface area (Å²) >= 11 is 0. The van der Waals surface area contributed by atoms with Gasteiger partial charge < -0.3 is 10.6 Å². The highest BCUT2D eigenvalue weighted by atomic mass is 32.2. The predicted molar refractivity (Wildman–Crippen MR) is 106 cm³/mol. The maximum absolute atomic E-state index is 12.9. The Morgan fingerprint density at radius 1 is 1.19 bits per heavy atom. The number of hydrogen-bond donors (Lipinski definition) is 2. The van der Waals surface area contributed by atoms with Gasteiger partial charge in [0.15, 0.2) is 0 Å². The summed E-state index contributed by atoms with van der Waals surface area (Å²) in [5.74, 6) is 0.344. The summed E-state index contributed by atoms with van der Waals surface area (Å²) in [5.41, 5.74) is 0.916. The molecular formula is C20H25N3O3S. The van der Waals surface area contributed by atoms with E-state index in [0.717, 1.165) is 25.9 Å². The number of anilines is 1. The zero-order chi connectivity index (χ0) is 19.3. The molecule has 1 fully saturated rings. The van der Waals surface area contributed by atoms with Crippen LogP contribution >= 0.6 is 0 Å². The molecule has 2 aromatic rings. The zero-order valence-corrected chi connectivity index (χ0v) is 16.2. The molecule has 1 heterocycles. The van der Waals surface area contributed by atoms with Gasteiger partial charge in [-0.25, -0.2) is 8.42 Å². The van der Waals surface area contributed by atoms with Crippen LogP contribution in [0.2, 0.25) is 0 Å². The van der Waals surface area contributed by atoms with Crippen molar-refractivity contribution in [3.8, 4) is 0 Å². The third-order valence-electron chi connectivity index (χ3n) is 4.87. The van der Waals surface area contributed by atoms with E-state index in [1.165, 1.54) is 23.5 Å². The number of carbonyl (C=O) groups excluding carboxylic acids is 1. The van der Waals surface area contributed by atoms with E-state index >= 15 is 0 Å². The molecule has 2 aromatic carbocycles. The van der Waals surface area contributed by atoms with Crippen LogP contribution in [0.5, 0.6) is 0 Å². The highest BCUT2D eigenvalue weighted by Gasteiger charge is 2.22. The van der Waals surface area contributed by atoms with Crippen LogP contribution < -0.4 is 14.9 Å². The quantitative estimate of drug-likeness (QED) is 0.764. The molecule has 144 valence electrons. The van der Waals surface area contributed by atoms with Crippen LogP contribution in [0.25, 0.3) is 0 Å². The van der Waals surface area contributed by atoms with E-state index in [-0.39, 0.29) is 10.8 Å². The van der Waals surface area contributed by atoms with Crippen LogP contribution in [0, 0.1) is 5.92 Å². The molecule has 0 aromatic heterocycles. The van der Waals surface area contributed by atoms with Crippen molar-refractivity contribution in [2.24, 2.45) is 5.92 Å². The SMILES string of the molecule is CN(c1ccccc1)S(=O)(=O)c1cccc(C(=O)NCCC2CCNC2)c1. The van der Waals surface area contributed by atoms with Crippen molar-refractivity contribution in [1.82, 2.24) is 10.6 Å². The predicted octanol–water partition coefficient (Wildman–Crippen LogP) is 2.24. The second-order valence-electron chi connectivity index (χ2n) is 6.74. The van der Waals surface area contributed by atoms with Crippen molar-refractivity contribution in [3.05, 3.63) is 60.2 Å². The van der Waals surface area contributed by atoms with Crippen LogP contribution in [0.3, 0.4) is 0 Å². The van der Waals surface area contributed by atoms with Gasteiger partial charge in [0, 0.05) is 19.2 Å². The van der Waals surface area contributed by atoms with Gasteiger partial charge in [-0.1, -0.05) is 24.3 Å². The number of nitrogens with zero attached hydrogens (tertiary/aromatic N) is 1. The molecule has 0 aliphatic carbocycles. The van der Waals surface area contributed by atoms with Gasteiger partial charge in [-0.3, -0.25) is 9.10 Å². The molecule has 7 heteroatoms. The van der Waals surface area contributed by atoms with Gasteiger partial charge in [-0.05, 0) is 62.2 Å². The minimum absolute atomic E-state index is 0.0986. The van der Waals surface area contributed by atoms with E-state index in [4.69, 9.17) is 0 Å². The first-order chi connectivity index (χ1) is 13.0. The number of amides is 1. The maximum Gasteiger partial charge on any atom is 0.264 e. The Balaban J connectivity index is 1.69. The second-order valence-corrected chi connectivity index (χ2v) is 8.71. The number of para-hydroxylation sites is 1. The van der Waals surface area contributed by atoms with Gasteiger partial charge >= 0.3 is 0 Å². The largest absolute Gasteiger partial charge is 0.352 e. The third kappa shape index (κ3) is 4.67. The zero-order valence-electron chi connectivity index (χ0n) is 15.4. The lowest BCUT2D eigenvalue weighted by molar-refractivity contribution is 0.0951. The molecule has 2 N–H and O–H groups in total. The van der Waals surface area contributed by atoms with E-state index in [9.17, 15) is 13.2 Å². The average Bonchev–Trinajstić information content (AvgIpc) is 3.21. The molecule has 1 amide bonds. The van der Waals surface area contributed by atoms with Crippen molar-refractivity contribution in [2.45, 2.75) is 17.7 Å². The number of hydrogen-bond acceptors (Lipinski definition) is 4. The fourth-order valence-electron chi connectivity index (χ4n) is 3.19. The van der Waals surface area contributed by atoms with Crippen molar-refractivity contribution >= 4 is 21.6 Å². The molecule has 0 radical (unpaired) electrons. The van der Waals surface area contributed by atoms with Crippen LogP contribution in [0.4, 0.5) is 5.69 Å². The third-order valence-corrected chi connectivity index (χ3v) is 6.66. The summed E-state index contributed by atoms with van der Waals surface area (Å²) in [5, 5.41) is 6.20. The van der Waals surface area contributed by atoms with Crippen LogP contribution in [0.15, 0.2) is 59.5 Å². The van der Waals surface area contributed by atoms with Gasteiger partial charge in [0.25, 0.3) is 15.9 Å². The molecule has 1 saturated heterocycles. The summed E-state index contributed by atoms with van der Waals surface area (Å²) in [6, 6.07) is 15.0. The molecule has 1 atom stereocenters. The Bertz CT molecular complexity index is 878. The fourth-order valence-corrected chi connectivity index (χ4v) is 4.43. The number of sulfonamides is 1. The first kappa shape index (κ1) is 19.4. The average molecular weight is 388 g/mol. The highest BCUT2D eigenvalue weighted by molar-refractivity contribution is 7.92.